The van der Waals surface area contributed by atoms with Crippen LogP contribution in [0.1, 0.15) is 19.8 Å². The van der Waals surface area contributed by atoms with Gasteiger partial charge in [-0.2, -0.15) is 4.98 Å². The Labute approximate surface area is 152 Å². The smallest absolute Gasteiger partial charge is 0.294 e. The second-order valence-electron chi connectivity index (χ2n) is 6.36. The minimum Gasteiger partial charge on any atom is -0.488 e. The summed E-state index contributed by atoms with van der Waals surface area (Å²) in [6.45, 7) is 3.18. The third kappa shape index (κ3) is 3.80. The maximum atomic E-state index is 12.3. The van der Waals surface area contributed by atoms with Gasteiger partial charge in [0.1, 0.15) is 5.65 Å². The molecule has 2 aromatic heterocycles. The number of pyridine rings is 1. The molecule has 0 amide bonds. The number of rotatable bonds is 5. The number of anilines is 1. The van der Waals surface area contributed by atoms with Crippen LogP contribution in [0.4, 0.5) is 5.95 Å². The first-order valence-corrected chi connectivity index (χ1v) is 10.4. The van der Waals surface area contributed by atoms with E-state index in [4.69, 9.17) is 4.74 Å². The molecule has 0 bridgehead atoms. The number of nitrogens with one attached hydrogen (secondary N) is 1. The van der Waals surface area contributed by atoms with Crippen LogP contribution in [-0.4, -0.2) is 59.3 Å². The molecule has 0 radical (unpaired) electrons. The zero-order valence-electron chi connectivity index (χ0n) is 15.1. The number of hydrogen-bond donors (Lipinski definition) is 1. The average molecular weight is 381 g/mol. The number of nitrogens with zero attached hydrogens (tertiary/aromatic N) is 4. The van der Waals surface area contributed by atoms with E-state index in [9.17, 15) is 13.2 Å². The molecular weight excluding hydrogens is 358 g/mol. The molecule has 0 saturated carbocycles. The van der Waals surface area contributed by atoms with E-state index < -0.39 is 10.0 Å². The van der Waals surface area contributed by atoms with Crippen LogP contribution in [0.25, 0.3) is 11.0 Å². The van der Waals surface area contributed by atoms with Crippen molar-refractivity contribution >= 4 is 27.0 Å². The molecule has 0 spiro atoms. The van der Waals surface area contributed by atoms with Gasteiger partial charge < -0.3 is 10.1 Å². The number of aryl methyl sites for hydroxylation is 1. The van der Waals surface area contributed by atoms with Crippen LogP contribution in [-0.2, 0) is 17.1 Å². The number of hydrogen-bond acceptors (Lipinski definition) is 7. The Bertz CT molecular complexity index is 964. The molecule has 0 aliphatic carbocycles. The molecular formula is C16H23N5O4S. The molecule has 1 N–H and O–H groups in total. The Morgan fingerprint density at radius 3 is 2.65 bits per heavy atom. The van der Waals surface area contributed by atoms with Gasteiger partial charge in [-0.15, -0.1) is 0 Å². The summed E-state index contributed by atoms with van der Waals surface area (Å²) in [6, 6.07) is 1.74. The summed E-state index contributed by atoms with van der Waals surface area (Å²) < 4.78 is 31.4. The highest BCUT2D eigenvalue weighted by Crippen LogP contribution is 2.19. The van der Waals surface area contributed by atoms with Gasteiger partial charge in [0.15, 0.2) is 5.75 Å². The Morgan fingerprint density at radius 1 is 1.35 bits per heavy atom. The predicted octanol–water partition coefficient (Wildman–Crippen LogP) is 0.563. The monoisotopic (exact) mass is 381 g/mol. The number of sulfonamides is 1. The Hall–Kier alpha value is -2.20. The van der Waals surface area contributed by atoms with Gasteiger partial charge in [0, 0.05) is 37.8 Å². The van der Waals surface area contributed by atoms with Crippen molar-refractivity contribution in [3.8, 4) is 5.75 Å². The van der Waals surface area contributed by atoms with Gasteiger partial charge >= 0.3 is 0 Å². The van der Waals surface area contributed by atoms with Gasteiger partial charge in [-0.1, -0.05) is 0 Å². The minimum absolute atomic E-state index is 0.0881. The first kappa shape index (κ1) is 18.6. The molecule has 3 rings (SSSR count). The van der Waals surface area contributed by atoms with Crippen LogP contribution in [0.15, 0.2) is 17.1 Å². The molecule has 142 valence electrons. The summed E-state index contributed by atoms with van der Waals surface area (Å²) in [4.78, 5) is 21.1. The first-order valence-electron chi connectivity index (χ1n) is 8.51. The molecule has 0 atom stereocenters. The van der Waals surface area contributed by atoms with Crippen molar-refractivity contribution in [2.45, 2.75) is 25.8 Å². The van der Waals surface area contributed by atoms with Crippen LogP contribution in [0, 0.1) is 0 Å². The topological polar surface area (TPSA) is 106 Å². The van der Waals surface area contributed by atoms with Crippen LogP contribution < -0.4 is 15.6 Å². The van der Waals surface area contributed by atoms with E-state index in [-0.39, 0.29) is 17.4 Å². The van der Waals surface area contributed by atoms with Crippen molar-refractivity contribution < 1.29 is 13.2 Å². The van der Waals surface area contributed by atoms with Gasteiger partial charge in [-0.25, -0.2) is 17.7 Å². The Balaban J connectivity index is 1.79. The average Bonchev–Trinajstić information content (AvgIpc) is 2.60. The number of ether oxygens (including phenoxy) is 1. The van der Waals surface area contributed by atoms with Gasteiger partial charge in [0.05, 0.1) is 12.9 Å². The van der Waals surface area contributed by atoms with Crippen LogP contribution in [0.3, 0.4) is 0 Å². The zero-order valence-corrected chi connectivity index (χ0v) is 15.9. The zero-order chi connectivity index (χ0) is 18.9. The molecule has 10 heteroatoms. The first-order chi connectivity index (χ1) is 12.3. The highest BCUT2D eigenvalue weighted by atomic mass is 32.2. The van der Waals surface area contributed by atoms with Crippen molar-refractivity contribution in [2.75, 3.05) is 31.3 Å². The Kier molecular flexibility index (Phi) is 5.15. The Morgan fingerprint density at radius 2 is 2.04 bits per heavy atom. The van der Waals surface area contributed by atoms with E-state index in [1.54, 1.807) is 19.3 Å². The predicted molar refractivity (Wildman–Crippen MR) is 99.0 cm³/mol. The summed E-state index contributed by atoms with van der Waals surface area (Å²) in [5.74, 6) is 0.703. The highest BCUT2D eigenvalue weighted by molar-refractivity contribution is 7.88. The van der Waals surface area contributed by atoms with Gasteiger partial charge in [-0.05, 0) is 25.8 Å². The van der Waals surface area contributed by atoms with E-state index in [0.717, 1.165) is 0 Å². The maximum Gasteiger partial charge on any atom is 0.294 e. The molecule has 0 aromatic carbocycles. The van der Waals surface area contributed by atoms with Crippen molar-refractivity contribution in [2.24, 2.45) is 7.05 Å². The summed E-state index contributed by atoms with van der Waals surface area (Å²) in [5, 5.41) is 3.96. The molecule has 2 aromatic rings. The fraction of sp³-hybridized carbons (Fsp3) is 0.562. The third-order valence-corrected chi connectivity index (χ3v) is 5.77. The largest absolute Gasteiger partial charge is 0.488 e. The lowest BCUT2D eigenvalue weighted by Gasteiger charge is -2.30. The second kappa shape index (κ2) is 7.20. The third-order valence-electron chi connectivity index (χ3n) is 4.47. The molecule has 1 fully saturated rings. The lowest BCUT2D eigenvalue weighted by Crippen LogP contribution is -2.42. The van der Waals surface area contributed by atoms with Crippen molar-refractivity contribution in [1.82, 2.24) is 18.8 Å². The number of fused-ring (bicyclic) bond motifs is 1. The summed E-state index contributed by atoms with van der Waals surface area (Å²) in [5.41, 5.74) is 0.273. The summed E-state index contributed by atoms with van der Waals surface area (Å²) >= 11 is 0. The number of aromatic nitrogens is 3. The molecule has 26 heavy (non-hydrogen) atoms. The van der Waals surface area contributed by atoms with E-state index in [1.165, 1.54) is 15.1 Å². The van der Waals surface area contributed by atoms with Crippen molar-refractivity contribution in [3.63, 3.8) is 0 Å². The summed E-state index contributed by atoms with van der Waals surface area (Å²) in [7, 11) is -1.50. The molecule has 1 aliphatic heterocycles. The fourth-order valence-electron chi connectivity index (χ4n) is 3.06. The van der Waals surface area contributed by atoms with E-state index in [1.807, 2.05) is 6.92 Å². The van der Waals surface area contributed by atoms with E-state index in [0.29, 0.717) is 49.5 Å². The molecule has 0 unspecified atom stereocenters. The van der Waals surface area contributed by atoms with E-state index in [2.05, 4.69) is 15.3 Å². The van der Waals surface area contributed by atoms with Crippen LogP contribution in [0.5, 0.6) is 5.75 Å². The van der Waals surface area contributed by atoms with E-state index >= 15 is 0 Å². The van der Waals surface area contributed by atoms with Gasteiger partial charge in [-0.3, -0.25) is 9.36 Å². The minimum atomic E-state index is -3.15. The fourth-order valence-corrected chi connectivity index (χ4v) is 3.93. The highest BCUT2D eigenvalue weighted by Gasteiger charge is 2.25. The van der Waals surface area contributed by atoms with Gasteiger partial charge in [0.25, 0.3) is 5.56 Å². The van der Waals surface area contributed by atoms with Crippen LogP contribution in [0.2, 0.25) is 0 Å². The maximum absolute atomic E-state index is 12.3. The van der Waals surface area contributed by atoms with Crippen molar-refractivity contribution in [3.05, 3.63) is 22.6 Å². The normalized spacial score (nSPS) is 16.7. The van der Waals surface area contributed by atoms with Crippen LogP contribution >= 0.6 is 0 Å². The van der Waals surface area contributed by atoms with Gasteiger partial charge in [0.2, 0.25) is 16.0 Å². The quantitative estimate of drug-likeness (QED) is 0.807. The molecule has 3 heterocycles. The summed E-state index contributed by atoms with van der Waals surface area (Å²) in [6.07, 6.45) is 4.23. The standard InChI is InChI=1S/C16H23N5O4S/c1-4-25-13-9-11-10-17-16(19-14(11)20(2)15(13)22)18-12-5-7-21(8-6-12)26(3,23)24/h9-10,12H,4-8H2,1-3H3,(H,17,18,19). The molecule has 1 saturated heterocycles. The molecule has 1 aliphatic rings. The molecule has 9 nitrogen and oxygen atoms in total. The lowest BCUT2D eigenvalue weighted by molar-refractivity contribution is 0.331. The number of piperidine rings is 1. The second-order valence-corrected chi connectivity index (χ2v) is 8.34. The van der Waals surface area contributed by atoms with Crippen molar-refractivity contribution in [1.29, 1.82) is 0 Å². The SMILES string of the molecule is CCOc1cc2cnc(NC3CCN(S(C)(=O)=O)CC3)nc2n(C)c1=O. The lowest BCUT2D eigenvalue weighted by atomic mass is 10.1.